The van der Waals surface area contributed by atoms with E-state index < -0.39 is 23.8 Å². The summed E-state index contributed by atoms with van der Waals surface area (Å²) in [6.45, 7) is 13.8. The normalized spacial score (nSPS) is 13.0. The first-order chi connectivity index (χ1) is 66.8. The van der Waals surface area contributed by atoms with Gasteiger partial charge in [-0.05, 0) is 337 Å². The Kier molecular flexibility index (Phi) is 23.4. The first-order valence-electron chi connectivity index (χ1n) is 47.7. The third-order valence-electron chi connectivity index (χ3n) is 29.2. The van der Waals surface area contributed by atoms with E-state index in [-0.39, 0.29) is 16.2 Å². The van der Waals surface area contributed by atoms with Crippen molar-refractivity contribution in [2.24, 2.45) is 0 Å². The SMILES string of the molecule is CCC1(CC)c2ccccc2-c2ccc(N(c3ccc(C(=O)Oc4ccc(C(c5ccc(OC(=O)c6ccc(N(c7ccc(-c8ccccc8)cc7)c7ccc8c(c7)C(CC)(CC)c7ccccc7-8)cc6)cc5)c5ccc(OC(=O)c6ccc(N(c7ccc(-c8ccccc8)cc7)c7ccc8c(c7)C(CC)(CC)c7ccccc7-8)cc6)cc5)cc4)cc3)c3ccc(-c4ccccc4)cc3)cc21. The van der Waals surface area contributed by atoms with Crippen LogP contribution in [0.1, 0.15) is 167 Å². The average Bonchev–Trinajstić information content (AvgIpc) is 1.57. The summed E-state index contributed by atoms with van der Waals surface area (Å²) in [6.07, 6.45) is 5.78. The molecule has 0 unspecified atom stereocenters. The Morgan fingerprint density at radius 2 is 0.404 bits per heavy atom. The van der Waals surface area contributed by atoms with Gasteiger partial charge in [-0.1, -0.05) is 296 Å². The van der Waals surface area contributed by atoms with Crippen molar-refractivity contribution >= 4 is 69.1 Å². The summed E-state index contributed by atoms with van der Waals surface area (Å²) in [5.74, 6) is -0.840. The third-order valence-corrected chi connectivity index (χ3v) is 29.2. The molecule has 3 aliphatic carbocycles. The Bertz CT molecular complexity index is 6730. The number of nitrogens with zero attached hydrogens (tertiary/aromatic N) is 3. The van der Waals surface area contributed by atoms with E-state index in [1.54, 1.807) is 0 Å². The van der Waals surface area contributed by atoms with E-state index in [1.807, 2.05) is 164 Å². The quantitative estimate of drug-likeness (QED) is 0.0284. The van der Waals surface area contributed by atoms with E-state index in [0.29, 0.717) is 33.9 Å². The summed E-state index contributed by atoms with van der Waals surface area (Å²) in [5, 5.41) is 0. The minimum atomic E-state index is -0.505. The molecule has 0 saturated heterocycles. The molecule has 0 saturated carbocycles. The summed E-state index contributed by atoms with van der Waals surface area (Å²) in [6, 6.07) is 150. The zero-order valence-corrected chi connectivity index (χ0v) is 77.2. The maximum atomic E-state index is 14.5. The molecule has 21 rings (SSSR count). The second kappa shape index (κ2) is 36.7. The number of anilines is 9. The van der Waals surface area contributed by atoms with E-state index in [0.717, 1.165) is 140 Å². The van der Waals surface area contributed by atoms with Crippen LogP contribution in [0.15, 0.2) is 437 Å². The fraction of sp³-hybridized carbons (Fsp3) is 0.126. The molecule has 3 aliphatic rings. The van der Waals surface area contributed by atoms with Crippen molar-refractivity contribution < 1.29 is 28.6 Å². The number of esters is 3. The van der Waals surface area contributed by atoms with Gasteiger partial charge in [0.25, 0.3) is 0 Å². The fourth-order valence-corrected chi connectivity index (χ4v) is 21.9. The van der Waals surface area contributed by atoms with Gasteiger partial charge in [-0.3, -0.25) is 0 Å². The van der Waals surface area contributed by atoms with Crippen molar-refractivity contribution in [3.8, 4) is 84.0 Å². The molecule has 136 heavy (non-hydrogen) atoms. The van der Waals surface area contributed by atoms with Crippen LogP contribution in [-0.4, -0.2) is 17.9 Å². The van der Waals surface area contributed by atoms with Crippen LogP contribution >= 0.6 is 0 Å². The second-order valence-electron chi connectivity index (χ2n) is 35.9. The number of hydrogen-bond donors (Lipinski definition) is 0. The molecule has 0 bridgehead atoms. The highest BCUT2D eigenvalue weighted by molar-refractivity contribution is 5.96. The van der Waals surface area contributed by atoms with Crippen LogP contribution in [0.3, 0.4) is 0 Å². The number of benzene rings is 18. The maximum Gasteiger partial charge on any atom is 0.343 e. The third kappa shape index (κ3) is 15.7. The van der Waals surface area contributed by atoms with Crippen molar-refractivity contribution in [3.63, 3.8) is 0 Å². The van der Waals surface area contributed by atoms with Crippen LogP contribution in [0.5, 0.6) is 17.2 Å². The topological polar surface area (TPSA) is 88.6 Å². The molecular formula is C127H103N3O6. The lowest BCUT2D eigenvalue weighted by Gasteiger charge is -2.31. The minimum Gasteiger partial charge on any atom is -0.423 e. The van der Waals surface area contributed by atoms with E-state index in [1.165, 1.54) is 66.8 Å². The van der Waals surface area contributed by atoms with E-state index in [4.69, 9.17) is 14.2 Å². The number of hydrogen-bond acceptors (Lipinski definition) is 9. The molecule has 0 amide bonds. The largest absolute Gasteiger partial charge is 0.423 e. The molecule has 0 N–H and O–H groups in total. The summed E-state index contributed by atoms with van der Waals surface area (Å²) in [5.41, 5.74) is 34.6. The lowest BCUT2D eigenvalue weighted by molar-refractivity contribution is 0.0725. The number of carbonyl (C=O) groups excluding carboxylic acids is 3. The lowest BCUT2D eigenvalue weighted by atomic mass is 9.74. The van der Waals surface area contributed by atoms with Crippen LogP contribution < -0.4 is 28.9 Å². The Morgan fingerprint density at radius 3 is 0.640 bits per heavy atom. The highest BCUT2D eigenvalue weighted by atomic mass is 16.5. The molecule has 18 aromatic carbocycles. The Labute approximate surface area is 796 Å². The predicted octanol–water partition coefficient (Wildman–Crippen LogP) is 33.2. The molecule has 0 aromatic heterocycles. The summed E-state index contributed by atoms with van der Waals surface area (Å²) in [7, 11) is 0. The zero-order valence-electron chi connectivity index (χ0n) is 77.2. The summed E-state index contributed by atoms with van der Waals surface area (Å²) in [4.78, 5) is 50.4. The highest BCUT2D eigenvalue weighted by Crippen LogP contribution is 2.58. The average molecular weight is 1770 g/mol. The molecule has 0 heterocycles. The molecule has 0 atom stereocenters. The van der Waals surface area contributed by atoms with Gasteiger partial charge in [0.1, 0.15) is 17.2 Å². The summed E-state index contributed by atoms with van der Waals surface area (Å²) < 4.78 is 18.8. The molecule has 9 nitrogen and oxygen atoms in total. The van der Waals surface area contributed by atoms with Gasteiger partial charge in [0, 0.05) is 73.3 Å². The fourth-order valence-electron chi connectivity index (χ4n) is 21.9. The Balaban J connectivity index is 0.565. The van der Waals surface area contributed by atoms with E-state index in [9.17, 15) is 14.4 Å². The van der Waals surface area contributed by atoms with Crippen LogP contribution in [0.4, 0.5) is 51.2 Å². The number of ether oxygens (including phenoxy) is 3. The van der Waals surface area contributed by atoms with Crippen LogP contribution in [0, 0.1) is 0 Å². The lowest BCUT2D eigenvalue weighted by Crippen LogP contribution is -2.23. The second-order valence-corrected chi connectivity index (χ2v) is 35.9. The van der Waals surface area contributed by atoms with E-state index in [2.05, 4.69) is 329 Å². The zero-order chi connectivity index (χ0) is 92.6. The molecule has 9 heteroatoms. The minimum absolute atomic E-state index is 0.137. The standard InChI is InChI=1S/C127H103N3O6/c1-7-125(8-2)115-37-25-22-34-109(115)112-79-70-103(82-118(112)125)128(97-58-40-88(41-59-97)85-28-16-13-17-29-85)100-64-46-94(47-65-100)122(131)134-106-73-52-91(53-74-106)121(92-54-75-107(76-55-92)135-123(132)95-48-66-101(67-49-95)129(98-60-42-89(43-61-98)86-30-18-14-19-31-86)104-71-80-113-110-35-23-26-38-116(110)126(9-3,10-4)119(113)83-104)93-56-77-108(78-57-93)136-124(133)96-50-68-102(69-51-96)130(99-62-44-90(45-63-99)87-32-20-15-21-33-87)105-72-81-114-111-36-24-27-39-117(111)127(11-5,12-6)120(114)84-105/h13-84,121H,7-12H2,1-6H3. The Hall–Kier alpha value is -16.2. The van der Waals surface area contributed by atoms with Gasteiger partial charge in [-0.15, -0.1) is 0 Å². The summed E-state index contributed by atoms with van der Waals surface area (Å²) >= 11 is 0. The molecule has 0 aliphatic heterocycles. The maximum absolute atomic E-state index is 14.5. The van der Waals surface area contributed by atoms with Crippen molar-refractivity contribution in [2.45, 2.75) is 102 Å². The van der Waals surface area contributed by atoms with Crippen molar-refractivity contribution in [2.75, 3.05) is 14.7 Å². The van der Waals surface area contributed by atoms with Crippen LogP contribution in [0.25, 0.3) is 66.8 Å². The van der Waals surface area contributed by atoms with E-state index >= 15 is 0 Å². The first-order valence-corrected chi connectivity index (χ1v) is 47.7. The van der Waals surface area contributed by atoms with Crippen molar-refractivity contribution in [1.82, 2.24) is 0 Å². The molecule has 0 radical (unpaired) electrons. The van der Waals surface area contributed by atoms with Gasteiger partial charge >= 0.3 is 17.9 Å². The number of rotatable bonds is 27. The molecule has 662 valence electrons. The molecule has 0 spiro atoms. The molecule has 0 fully saturated rings. The highest BCUT2D eigenvalue weighted by Gasteiger charge is 2.44. The number of fused-ring (bicyclic) bond motifs is 9. The smallest absolute Gasteiger partial charge is 0.343 e. The number of carbonyl (C=O) groups is 3. The first kappa shape index (κ1) is 86.5. The Morgan fingerprint density at radius 1 is 0.206 bits per heavy atom. The van der Waals surface area contributed by atoms with Gasteiger partial charge < -0.3 is 28.9 Å². The molecular weight excluding hydrogens is 1660 g/mol. The van der Waals surface area contributed by atoms with Crippen molar-refractivity contribution in [3.05, 3.63) is 504 Å². The van der Waals surface area contributed by atoms with Gasteiger partial charge in [0.15, 0.2) is 0 Å². The van der Waals surface area contributed by atoms with Gasteiger partial charge in [-0.2, -0.15) is 0 Å². The van der Waals surface area contributed by atoms with Gasteiger partial charge in [0.2, 0.25) is 0 Å². The van der Waals surface area contributed by atoms with Gasteiger partial charge in [-0.25, -0.2) is 14.4 Å². The van der Waals surface area contributed by atoms with Gasteiger partial charge in [0.05, 0.1) is 16.7 Å². The van der Waals surface area contributed by atoms with Crippen LogP contribution in [-0.2, 0) is 16.2 Å². The monoisotopic (exact) mass is 1770 g/mol. The van der Waals surface area contributed by atoms with Crippen molar-refractivity contribution in [1.29, 1.82) is 0 Å². The predicted molar refractivity (Wildman–Crippen MR) is 555 cm³/mol. The molecule has 18 aromatic rings. The van der Waals surface area contributed by atoms with Crippen LogP contribution in [0.2, 0.25) is 0 Å².